The predicted octanol–water partition coefficient (Wildman–Crippen LogP) is 3.24. The number of aromatic nitrogens is 2. The van der Waals surface area contributed by atoms with E-state index >= 15 is 0 Å². The van der Waals surface area contributed by atoms with Crippen LogP contribution >= 0.6 is 0 Å². The summed E-state index contributed by atoms with van der Waals surface area (Å²) in [5.41, 5.74) is 1.67. The topological polar surface area (TPSA) is 50.6 Å². The van der Waals surface area contributed by atoms with Gasteiger partial charge in [0.1, 0.15) is 5.69 Å². The Morgan fingerprint density at radius 3 is 2.68 bits per heavy atom. The number of unbranched alkanes of at least 4 members (excludes halogenated alkanes) is 1. The van der Waals surface area contributed by atoms with Gasteiger partial charge in [0.05, 0.1) is 5.69 Å². The Balaban J connectivity index is 1.95. The van der Waals surface area contributed by atoms with Crippen molar-refractivity contribution < 1.29 is 4.74 Å². The van der Waals surface area contributed by atoms with Gasteiger partial charge in [-0.3, -0.25) is 4.79 Å². The molecule has 0 amide bonds. The van der Waals surface area contributed by atoms with Crippen molar-refractivity contribution in [2.45, 2.75) is 32.7 Å². The van der Waals surface area contributed by atoms with Crippen LogP contribution in [0.5, 0.6) is 11.6 Å². The number of aryl methyl sites for hydroxylation is 1. The second-order valence-electron chi connectivity index (χ2n) is 6.63. The maximum absolute atomic E-state index is 12.4. The lowest BCUT2D eigenvalue weighted by molar-refractivity contribution is 0.396. The van der Waals surface area contributed by atoms with Gasteiger partial charge in [0.2, 0.25) is 0 Å². The van der Waals surface area contributed by atoms with Crippen LogP contribution in [0, 0.1) is 0 Å². The van der Waals surface area contributed by atoms with Crippen molar-refractivity contribution in [3.63, 3.8) is 0 Å². The number of ether oxygens (including phenoxy) is 1. The quantitative estimate of drug-likeness (QED) is 0.773. The lowest BCUT2D eigenvalue weighted by Gasteiger charge is -2.32. The highest BCUT2D eigenvalue weighted by Gasteiger charge is 2.26. The zero-order valence-electron chi connectivity index (χ0n) is 15.2. The van der Waals surface area contributed by atoms with E-state index in [4.69, 9.17) is 4.74 Å². The maximum atomic E-state index is 12.4. The van der Waals surface area contributed by atoms with E-state index in [2.05, 4.69) is 35.9 Å². The SMILES string of the molecule is CCCCn1nc2c(cc1=O)N(CCCN(C)C)c1ccccc1O2. The molecule has 25 heavy (non-hydrogen) atoms. The molecule has 0 N–H and O–H groups in total. The summed E-state index contributed by atoms with van der Waals surface area (Å²) in [6.45, 7) is 4.51. The fraction of sp³-hybridized carbons (Fsp3) is 0.474. The molecular formula is C19H26N4O2. The molecule has 134 valence electrons. The van der Waals surface area contributed by atoms with E-state index in [9.17, 15) is 4.79 Å². The van der Waals surface area contributed by atoms with E-state index in [1.807, 2.05) is 24.3 Å². The van der Waals surface area contributed by atoms with E-state index in [0.29, 0.717) is 12.4 Å². The monoisotopic (exact) mass is 342 g/mol. The molecule has 0 atom stereocenters. The van der Waals surface area contributed by atoms with Crippen molar-refractivity contribution in [1.29, 1.82) is 0 Å². The largest absolute Gasteiger partial charge is 0.434 e. The van der Waals surface area contributed by atoms with Crippen LogP contribution in [0.4, 0.5) is 11.4 Å². The number of nitrogens with zero attached hydrogens (tertiary/aromatic N) is 4. The first-order valence-corrected chi connectivity index (χ1v) is 8.91. The molecule has 1 aliphatic rings. The number of hydrogen-bond donors (Lipinski definition) is 0. The minimum atomic E-state index is -0.0761. The summed E-state index contributed by atoms with van der Waals surface area (Å²) < 4.78 is 7.50. The Kier molecular flexibility index (Phi) is 5.38. The lowest BCUT2D eigenvalue weighted by atomic mass is 10.2. The van der Waals surface area contributed by atoms with Gasteiger partial charge in [0, 0.05) is 19.2 Å². The van der Waals surface area contributed by atoms with Crippen molar-refractivity contribution >= 4 is 11.4 Å². The summed E-state index contributed by atoms with van der Waals surface area (Å²) in [7, 11) is 4.13. The molecule has 0 unspecified atom stereocenters. The van der Waals surface area contributed by atoms with Crippen LogP contribution in [0.1, 0.15) is 26.2 Å². The van der Waals surface area contributed by atoms with Gasteiger partial charge in [-0.05, 0) is 45.6 Å². The van der Waals surface area contributed by atoms with Crippen molar-refractivity contribution in [1.82, 2.24) is 14.7 Å². The molecule has 0 saturated heterocycles. The van der Waals surface area contributed by atoms with Crippen LogP contribution in [0.3, 0.4) is 0 Å². The zero-order valence-corrected chi connectivity index (χ0v) is 15.2. The number of anilines is 2. The van der Waals surface area contributed by atoms with Crippen LogP contribution in [-0.2, 0) is 6.54 Å². The Labute approximate surface area is 148 Å². The van der Waals surface area contributed by atoms with Gasteiger partial charge >= 0.3 is 0 Å². The fourth-order valence-corrected chi connectivity index (χ4v) is 2.98. The Bertz CT molecular complexity index is 785. The smallest absolute Gasteiger partial charge is 0.269 e. The molecule has 0 saturated carbocycles. The Morgan fingerprint density at radius 1 is 1.12 bits per heavy atom. The minimum Gasteiger partial charge on any atom is -0.434 e. The first-order valence-electron chi connectivity index (χ1n) is 8.91. The highest BCUT2D eigenvalue weighted by Crippen LogP contribution is 2.44. The summed E-state index contributed by atoms with van der Waals surface area (Å²) in [4.78, 5) is 16.8. The molecule has 0 bridgehead atoms. The van der Waals surface area contributed by atoms with Gasteiger partial charge in [-0.15, -0.1) is 5.10 Å². The van der Waals surface area contributed by atoms with Crippen LogP contribution in [-0.4, -0.2) is 41.9 Å². The van der Waals surface area contributed by atoms with Gasteiger partial charge in [-0.1, -0.05) is 25.5 Å². The average molecular weight is 342 g/mol. The molecule has 3 rings (SSSR count). The van der Waals surface area contributed by atoms with E-state index in [1.165, 1.54) is 4.68 Å². The maximum Gasteiger partial charge on any atom is 0.269 e. The van der Waals surface area contributed by atoms with Crippen molar-refractivity contribution in [2.24, 2.45) is 0 Å². The van der Waals surface area contributed by atoms with Gasteiger partial charge in [0.15, 0.2) is 5.75 Å². The van der Waals surface area contributed by atoms with Gasteiger partial charge < -0.3 is 14.5 Å². The standard InChI is InChI=1S/C19H26N4O2/c1-4-5-13-23-18(24)14-16-19(20-23)25-17-10-7-6-9-15(17)22(16)12-8-11-21(2)3/h6-7,9-10,14H,4-5,8,11-13H2,1-3H3. The van der Waals surface area contributed by atoms with E-state index < -0.39 is 0 Å². The third-order valence-electron chi connectivity index (χ3n) is 4.31. The average Bonchev–Trinajstić information content (AvgIpc) is 2.59. The molecule has 2 heterocycles. The molecule has 0 fully saturated rings. The molecule has 0 spiro atoms. The van der Waals surface area contributed by atoms with Crippen LogP contribution in [0.2, 0.25) is 0 Å². The van der Waals surface area contributed by atoms with Gasteiger partial charge in [-0.25, -0.2) is 4.68 Å². The summed E-state index contributed by atoms with van der Waals surface area (Å²) in [5, 5.41) is 4.47. The summed E-state index contributed by atoms with van der Waals surface area (Å²) in [5.74, 6) is 1.30. The highest BCUT2D eigenvalue weighted by atomic mass is 16.5. The molecule has 1 aliphatic heterocycles. The molecule has 6 nitrogen and oxygen atoms in total. The van der Waals surface area contributed by atoms with E-state index in [-0.39, 0.29) is 5.56 Å². The van der Waals surface area contributed by atoms with E-state index in [0.717, 1.165) is 49.5 Å². The summed E-state index contributed by atoms with van der Waals surface area (Å²) in [6.07, 6.45) is 2.93. The first kappa shape index (κ1) is 17.5. The van der Waals surface area contributed by atoms with Crippen LogP contribution in [0.25, 0.3) is 0 Å². The van der Waals surface area contributed by atoms with E-state index in [1.54, 1.807) is 6.07 Å². The van der Waals surface area contributed by atoms with Gasteiger partial charge in [-0.2, -0.15) is 0 Å². The van der Waals surface area contributed by atoms with Crippen molar-refractivity contribution in [2.75, 3.05) is 32.1 Å². The number of rotatable bonds is 7. The summed E-state index contributed by atoms with van der Waals surface area (Å²) >= 11 is 0. The van der Waals surface area contributed by atoms with Crippen molar-refractivity contribution in [3.05, 3.63) is 40.7 Å². The van der Waals surface area contributed by atoms with Crippen molar-refractivity contribution in [3.8, 4) is 11.6 Å². The molecule has 0 radical (unpaired) electrons. The number of fused-ring (bicyclic) bond motifs is 2. The third kappa shape index (κ3) is 3.85. The number of para-hydroxylation sites is 2. The van der Waals surface area contributed by atoms with Gasteiger partial charge in [0.25, 0.3) is 11.4 Å². The Morgan fingerprint density at radius 2 is 1.92 bits per heavy atom. The third-order valence-corrected chi connectivity index (χ3v) is 4.31. The molecule has 1 aromatic heterocycles. The molecular weight excluding hydrogens is 316 g/mol. The van der Waals surface area contributed by atoms with Crippen LogP contribution < -0.4 is 15.2 Å². The number of benzene rings is 1. The zero-order chi connectivity index (χ0) is 17.8. The molecule has 1 aromatic carbocycles. The number of hydrogen-bond acceptors (Lipinski definition) is 5. The summed E-state index contributed by atoms with van der Waals surface area (Å²) in [6, 6.07) is 9.57. The first-order chi connectivity index (χ1) is 12.1. The van der Waals surface area contributed by atoms with Crippen LogP contribution in [0.15, 0.2) is 35.1 Å². The Hall–Kier alpha value is -2.34. The highest BCUT2D eigenvalue weighted by molar-refractivity contribution is 5.76. The normalized spacial score (nSPS) is 12.7. The lowest BCUT2D eigenvalue weighted by Crippen LogP contribution is -2.30. The molecule has 2 aromatic rings. The molecule has 0 aliphatic carbocycles. The second kappa shape index (κ2) is 7.70. The minimum absolute atomic E-state index is 0.0761. The predicted molar refractivity (Wildman–Crippen MR) is 100 cm³/mol. The fourth-order valence-electron chi connectivity index (χ4n) is 2.98. The molecule has 6 heteroatoms. The second-order valence-corrected chi connectivity index (χ2v) is 6.63.